The van der Waals surface area contributed by atoms with Crippen LogP contribution in [0.2, 0.25) is 10.0 Å². The molecule has 0 atom stereocenters. The zero-order valence-corrected chi connectivity index (χ0v) is 15.3. The van der Waals surface area contributed by atoms with E-state index < -0.39 is 10.0 Å². The minimum atomic E-state index is -3.67. The average Bonchev–Trinajstić information content (AvgIpc) is 2.47. The fourth-order valence-electron chi connectivity index (χ4n) is 2.34. The number of hydrogen-bond acceptors (Lipinski definition) is 4. The van der Waals surface area contributed by atoms with Gasteiger partial charge in [0, 0.05) is 26.2 Å². The van der Waals surface area contributed by atoms with Gasteiger partial charge in [0.05, 0.1) is 22.0 Å². The average molecular weight is 380 g/mol. The van der Waals surface area contributed by atoms with Gasteiger partial charge in [-0.25, -0.2) is 8.42 Å². The summed E-state index contributed by atoms with van der Waals surface area (Å²) in [5.41, 5.74) is 0.212. The summed E-state index contributed by atoms with van der Waals surface area (Å²) in [6, 6.07) is 4.70. The number of carbonyl (C=O) groups excluding carboxylic acids is 1. The summed E-state index contributed by atoms with van der Waals surface area (Å²) < 4.78 is 25.2. The number of amides is 1. The van der Waals surface area contributed by atoms with Crippen LogP contribution in [-0.2, 0) is 14.8 Å². The molecule has 0 radical (unpaired) electrons. The highest BCUT2D eigenvalue weighted by Crippen LogP contribution is 2.33. The molecule has 0 spiro atoms. The highest BCUT2D eigenvalue weighted by atomic mass is 35.5. The maximum Gasteiger partial charge on any atom is 0.243 e. The van der Waals surface area contributed by atoms with E-state index in [0.29, 0.717) is 13.1 Å². The fourth-order valence-corrected chi connectivity index (χ4v) is 3.65. The molecule has 1 aliphatic rings. The van der Waals surface area contributed by atoms with Gasteiger partial charge in [-0.1, -0.05) is 29.3 Å². The van der Waals surface area contributed by atoms with Crippen LogP contribution in [-0.4, -0.2) is 70.2 Å². The Labute approximate surface area is 146 Å². The maximum absolute atomic E-state index is 12.5. The van der Waals surface area contributed by atoms with E-state index >= 15 is 0 Å². The lowest BCUT2D eigenvalue weighted by atomic mass is 10.3. The minimum absolute atomic E-state index is 0.116. The molecule has 1 aromatic rings. The Morgan fingerprint density at radius 2 is 1.83 bits per heavy atom. The molecular weight excluding hydrogens is 361 g/mol. The van der Waals surface area contributed by atoms with Crippen LogP contribution in [0.5, 0.6) is 0 Å². The smallest absolute Gasteiger partial charge is 0.243 e. The fraction of sp³-hybridized carbons (Fsp3) is 0.500. The van der Waals surface area contributed by atoms with Crippen molar-refractivity contribution in [1.82, 2.24) is 9.80 Å². The van der Waals surface area contributed by atoms with Crippen molar-refractivity contribution in [3.63, 3.8) is 0 Å². The summed E-state index contributed by atoms with van der Waals surface area (Å²) in [6.45, 7) is 2.40. The quantitative estimate of drug-likeness (QED) is 0.795. The monoisotopic (exact) mass is 379 g/mol. The van der Waals surface area contributed by atoms with Gasteiger partial charge in [-0.3, -0.25) is 9.10 Å². The molecule has 6 nitrogen and oxygen atoms in total. The second-order valence-electron chi connectivity index (χ2n) is 5.53. The van der Waals surface area contributed by atoms with Gasteiger partial charge in [0.15, 0.2) is 0 Å². The first-order chi connectivity index (χ1) is 10.7. The van der Waals surface area contributed by atoms with Crippen molar-refractivity contribution in [3.8, 4) is 0 Å². The van der Waals surface area contributed by atoms with Gasteiger partial charge < -0.3 is 9.80 Å². The number of sulfonamides is 1. The number of likely N-dealkylation sites (N-methyl/N-ethyl adjacent to an activating group) is 1. The van der Waals surface area contributed by atoms with Crippen molar-refractivity contribution in [1.29, 1.82) is 0 Å². The number of anilines is 1. The molecule has 0 saturated carbocycles. The highest BCUT2D eigenvalue weighted by molar-refractivity contribution is 7.92. The van der Waals surface area contributed by atoms with E-state index in [1.54, 1.807) is 17.0 Å². The number of benzene rings is 1. The van der Waals surface area contributed by atoms with Crippen molar-refractivity contribution in [2.75, 3.05) is 50.3 Å². The first-order valence-corrected chi connectivity index (χ1v) is 9.68. The third-order valence-corrected chi connectivity index (χ3v) is 5.67. The third-order valence-electron chi connectivity index (χ3n) is 3.74. The molecule has 23 heavy (non-hydrogen) atoms. The second kappa shape index (κ2) is 7.25. The zero-order chi connectivity index (χ0) is 17.2. The molecular formula is C14H19Cl2N3O3S. The van der Waals surface area contributed by atoms with Gasteiger partial charge in [-0.15, -0.1) is 0 Å². The number of rotatable bonds is 4. The van der Waals surface area contributed by atoms with E-state index in [1.165, 1.54) is 6.07 Å². The van der Waals surface area contributed by atoms with Crippen LogP contribution in [0, 0.1) is 0 Å². The largest absolute Gasteiger partial charge is 0.339 e. The number of hydrogen-bond donors (Lipinski definition) is 0. The molecule has 0 aliphatic carbocycles. The molecule has 0 N–H and O–H groups in total. The van der Waals surface area contributed by atoms with Crippen LogP contribution in [0.15, 0.2) is 18.2 Å². The number of nitrogens with zero attached hydrogens (tertiary/aromatic N) is 3. The Bertz CT molecular complexity index is 689. The predicted molar refractivity (Wildman–Crippen MR) is 92.7 cm³/mol. The normalized spacial score (nSPS) is 16.4. The van der Waals surface area contributed by atoms with E-state index in [1.807, 2.05) is 7.05 Å². The molecule has 1 amide bonds. The second-order valence-corrected chi connectivity index (χ2v) is 8.22. The molecule has 1 fully saturated rings. The van der Waals surface area contributed by atoms with Crippen molar-refractivity contribution >= 4 is 44.8 Å². The molecule has 0 unspecified atom stereocenters. The lowest BCUT2D eigenvalue weighted by molar-refractivity contribution is -0.131. The van der Waals surface area contributed by atoms with Crippen LogP contribution >= 0.6 is 23.2 Å². The summed E-state index contributed by atoms with van der Waals surface area (Å²) in [4.78, 5) is 16.2. The van der Waals surface area contributed by atoms with Gasteiger partial charge in [-0.2, -0.15) is 0 Å². The summed E-state index contributed by atoms with van der Waals surface area (Å²) in [5.74, 6) is -0.250. The Kier molecular flexibility index (Phi) is 5.78. The topological polar surface area (TPSA) is 60.9 Å². The molecule has 2 rings (SSSR count). The Balaban J connectivity index is 2.24. The molecule has 9 heteroatoms. The maximum atomic E-state index is 12.5. The van der Waals surface area contributed by atoms with Gasteiger partial charge in [-0.05, 0) is 19.2 Å². The SMILES string of the molecule is CN1CCN(C(=O)CN(c2cccc(Cl)c2Cl)S(C)(=O)=O)CC1. The third kappa shape index (κ3) is 4.50. The first-order valence-electron chi connectivity index (χ1n) is 7.08. The summed E-state index contributed by atoms with van der Waals surface area (Å²) >= 11 is 12.1. The standard InChI is InChI=1S/C14H19Cl2N3O3S/c1-17-6-8-18(9-7-17)13(20)10-19(23(2,21)22)12-5-3-4-11(15)14(12)16/h3-5H,6-10H2,1-2H3. The van der Waals surface area contributed by atoms with E-state index in [2.05, 4.69) is 4.90 Å². The van der Waals surface area contributed by atoms with Gasteiger partial charge in [0.1, 0.15) is 6.54 Å². The lowest BCUT2D eigenvalue weighted by Crippen LogP contribution is -2.50. The summed E-state index contributed by atoms with van der Waals surface area (Å²) in [7, 11) is -1.69. The van der Waals surface area contributed by atoms with Crippen LogP contribution in [0.1, 0.15) is 0 Å². The van der Waals surface area contributed by atoms with E-state index in [4.69, 9.17) is 23.2 Å². The van der Waals surface area contributed by atoms with Crippen molar-refractivity contribution in [2.24, 2.45) is 0 Å². The van der Waals surface area contributed by atoms with Gasteiger partial charge >= 0.3 is 0 Å². The first kappa shape index (κ1) is 18.3. The molecule has 128 valence electrons. The van der Waals surface area contributed by atoms with Crippen molar-refractivity contribution < 1.29 is 13.2 Å². The van der Waals surface area contributed by atoms with Crippen LogP contribution in [0.3, 0.4) is 0 Å². The molecule has 0 bridgehead atoms. The summed E-state index contributed by atoms with van der Waals surface area (Å²) in [5, 5.41) is 0.357. The minimum Gasteiger partial charge on any atom is -0.339 e. The summed E-state index contributed by atoms with van der Waals surface area (Å²) in [6.07, 6.45) is 1.04. The van der Waals surface area contributed by atoms with Crippen LogP contribution in [0.25, 0.3) is 0 Å². The highest BCUT2D eigenvalue weighted by Gasteiger charge is 2.27. The molecule has 1 saturated heterocycles. The van der Waals surface area contributed by atoms with Crippen LogP contribution in [0.4, 0.5) is 5.69 Å². The number of piperazine rings is 1. The van der Waals surface area contributed by atoms with E-state index in [-0.39, 0.29) is 28.2 Å². The number of carbonyl (C=O) groups is 1. The van der Waals surface area contributed by atoms with E-state index in [9.17, 15) is 13.2 Å². The zero-order valence-electron chi connectivity index (χ0n) is 13.0. The van der Waals surface area contributed by atoms with Gasteiger partial charge in [0.25, 0.3) is 0 Å². The Morgan fingerprint density at radius 3 is 2.39 bits per heavy atom. The molecule has 1 heterocycles. The van der Waals surface area contributed by atoms with E-state index in [0.717, 1.165) is 23.7 Å². The Morgan fingerprint density at radius 1 is 1.22 bits per heavy atom. The Hall–Kier alpha value is -1.02. The predicted octanol–water partition coefficient (Wildman–Crippen LogP) is 1.53. The van der Waals surface area contributed by atoms with Crippen LogP contribution < -0.4 is 4.31 Å². The van der Waals surface area contributed by atoms with Crippen molar-refractivity contribution in [3.05, 3.63) is 28.2 Å². The van der Waals surface area contributed by atoms with Crippen molar-refractivity contribution in [2.45, 2.75) is 0 Å². The lowest BCUT2D eigenvalue weighted by Gasteiger charge is -2.34. The number of halogens is 2. The molecule has 1 aliphatic heterocycles. The van der Waals surface area contributed by atoms with Gasteiger partial charge in [0.2, 0.25) is 15.9 Å². The molecule has 0 aromatic heterocycles. The molecule has 1 aromatic carbocycles.